The van der Waals surface area contributed by atoms with Gasteiger partial charge in [0.15, 0.2) is 0 Å². The maximum Gasteiger partial charge on any atom is 0.407 e. The second-order valence-electron chi connectivity index (χ2n) is 12.6. The van der Waals surface area contributed by atoms with E-state index in [1.165, 1.54) is 7.11 Å². The van der Waals surface area contributed by atoms with Crippen LogP contribution in [0.25, 0.3) is 44.2 Å². The van der Waals surface area contributed by atoms with Gasteiger partial charge in [-0.15, -0.1) is 0 Å². The van der Waals surface area contributed by atoms with Gasteiger partial charge in [0.2, 0.25) is 18.2 Å². The minimum Gasteiger partial charge on any atom is -0.488 e. The lowest BCUT2D eigenvalue weighted by Crippen LogP contribution is -2.42. The SMILES string of the molecule is CCCN(Cc1nc2ccc3cc4c(cc3c2[nH]1)OCc1cc(-c2cnc(CN(C(=O)CNC=O)[C@@H](C)CC)[nH]2)ccc1-4)C(=O)CNC(=O)OC. The van der Waals surface area contributed by atoms with Crippen molar-refractivity contribution in [3.05, 3.63) is 65.9 Å². The summed E-state index contributed by atoms with van der Waals surface area (Å²) in [5, 5.41) is 6.89. The van der Waals surface area contributed by atoms with Crippen LogP contribution in [-0.4, -0.2) is 86.8 Å². The van der Waals surface area contributed by atoms with Gasteiger partial charge < -0.3 is 39.9 Å². The number of nitrogens with zero attached hydrogens (tertiary/aromatic N) is 4. The number of H-pyrrole nitrogens is 2. The average Bonchev–Trinajstić information content (AvgIpc) is 3.80. The Bertz CT molecular complexity index is 2090. The summed E-state index contributed by atoms with van der Waals surface area (Å²) >= 11 is 0. The van der Waals surface area contributed by atoms with E-state index in [0.29, 0.717) is 37.8 Å². The van der Waals surface area contributed by atoms with Gasteiger partial charge in [-0.1, -0.05) is 32.0 Å². The number of ether oxygens (including phenoxy) is 2. The van der Waals surface area contributed by atoms with Crippen LogP contribution in [0.5, 0.6) is 5.75 Å². The standard InChI is InChI=1S/C37H42N8O6/c1-5-11-44(34(47)17-40-37(49)50-4)18-33-41-29-10-8-23-13-28-26-9-7-24(12-25(26)20-51-31(28)14-27(23)36(29)43-33)30-15-39-32(42-30)19-45(22(3)6-2)35(48)16-38-21-46/h7-10,12-15,21-22H,5-6,11,16-20H2,1-4H3,(H,38,46)(H,39,42)(H,40,49)(H,41,43)/t22-/m0/s1. The van der Waals surface area contributed by atoms with Crippen molar-refractivity contribution in [3.8, 4) is 28.1 Å². The zero-order chi connectivity index (χ0) is 36.1. The Hall–Kier alpha value is -5.92. The third-order valence-electron chi connectivity index (χ3n) is 9.20. The number of aromatic nitrogens is 4. The first-order chi connectivity index (χ1) is 24.7. The summed E-state index contributed by atoms with van der Waals surface area (Å²) in [7, 11) is 1.26. The first-order valence-corrected chi connectivity index (χ1v) is 17.0. The number of carbonyl (C=O) groups excluding carboxylic acids is 4. The zero-order valence-electron chi connectivity index (χ0n) is 29.2. The van der Waals surface area contributed by atoms with Crippen molar-refractivity contribution in [2.75, 3.05) is 26.7 Å². The summed E-state index contributed by atoms with van der Waals surface area (Å²) in [5.74, 6) is 1.67. The third kappa shape index (κ3) is 7.49. The van der Waals surface area contributed by atoms with Gasteiger partial charge in [-0.05, 0) is 66.1 Å². The number of hydrogen-bond acceptors (Lipinski definition) is 8. The minimum absolute atomic E-state index is 0.0158. The molecule has 6 rings (SSSR count). The van der Waals surface area contributed by atoms with Crippen LogP contribution in [0.4, 0.5) is 4.79 Å². The Kier molecular flexibility index (Phi) is 10.5. The molecule has 0 saturated carbocycles. The fourth-order valence-electron chi connectivity index (χ4n) is 6.35. The fraction of sp³-hybridized carbons (Fsp3) is 0.351. The molecule has 2 aromatic heterocycles. The molecule has 0 saturated heterocycles. The number of imidazole rings is 2. The molecule has 0 fully saturated rings. The second kappa shape index (κ2) is 15.3. The summed E-state index contributed by atoms with van der Waals surface area (Å²) in [4.78, 5) is 67.3. The van der Waals surface area contributed by atoms with Crippen LogP contribution in [0, 0.1) is 0 Å². The van der Waals surface area contributed by atoms with Crippen LogP contribution < -0.4 is 15.4 Å². The Morgan fingerprint density at radius 1 is 1.02 bits per heavy atom. The maximum atomic E-state index is 12.8. The van der Waals surface area contributed by atoms with E-state index in [0.717, 1.165) is 68.3 Å². The fourth-order valence-corrected chi connectivity index (χ4v) is 6.35. The largest absolute Gasteiger partial charge is 0.488 e. The number of rotatable bonds is 14. The van der Waals surface area contributed by atoms with E-state index in [4.69, 9.17) is 9.72 Å². The molecule has 4 amide bonds. The van der Waals surface area contributed by atoms with Crippen molar-refractivity contribution in [2.24, 2.45) is 0 Å². The molecule has 1 aliphatic heterocycles. The summed E-state index contributed by atoms with van der Waals surface area (Å²) in [6, 6.07) is 14.4. The van der Waals surface area contributed by atoms with Gasteiger partial charge in [0.1, 0.15) is 30.5 Å². The van der Waals surface area contributed by atoms with Crippen molar-refractivity contribution in [1.29, 1.82) is 0 Å². The van der Waals surface area contributed by atoms with Crippen LogP contribution in [0.15, 0.2) is 48.7 Å². The van der Waals surface area contributed by atoms with Crippen LogP contribution in [0.2, 0.25) is 0 Å². The Morgan fingerprint density at radius 3 is 2.63 bits per heavy atom. The van der Waals surface area contributed by atoms with E-state index in [9.17, 15) is 19.2 Å². The summed E-state index contributed by atoms with van der Waals surface area (Å²) < 4.78 is 10.9. The Labute approximate surface area is 294 Å². The van der Waals surface area contributed by atoms with Gasteiger partial charge >= 0.3 is 6.09 Å². The minimum atomic E-state index is -0.655. The molecule has 0 aliphatic carbocycles. The normalized spacial score (nSPS) is 12.4. The van der Waals surface area contributed by atoms with Gasteiger partial charge in [0.25, 0.3) is 0 Å². The smallest absolute Gasteiger partial charge is 0.407 e. The van der Waals surface area contributed by atoms with Crippen LogP contribution in [-0.2, 0) is 38.8 Å². The number of amides is 4. The zero-order valence-corrected chi connectivity index (χ0v) is 29.2. The molecule has 0 unspecified atom stereocenters. The number of hydrogen-bond donors (Lipinski definition) is 4. The molecule has 0 spiro atoms. The topological polar surface area (TPSA) is 175 Å². The number of fused-ring (bicyclic) bond motifs is 6. The van der Waals surface area contributed by atoms with Crippen molar-refractivity contribution in [3.63, 3.8) is 0 Å². The number of benzene rings is 3. The third-order valence-corrected chi connectivity index (χ3v) is 9.20. The molecule has 266 valence electrons. The lowest BCUT2D eigenvalue weighted by molar-refractivity contribution is -0.134. The van der Waals surface area contributed by atoms with Crippen molar-refractivity contribution in [2.45, 2.75) is 59.4 Å². The summed E-state index contributed by atoms with van der Waals surface area (Å²) in [5.41, 5.74) is 6.53. The van der Waals surface area contributed by atoms with Gasteiger partial charge in [0.05, 0.1) is 49.7 Å². The summed E-state index contributed by atoms with van der Waals surface area (Å²) in [6.07, 6.45) is 3.17. The molecule has 14 nitrogen and oxygen atoms in total. The number of nitrogens with one attached hydrogen (secondary N) is 4. The van der Waals surface area contributed by atoms with Crippen molar-refractivity contribution >= 4 is 46.1 Å². The maximum absolute atomic E-state index is 12.8. The van der Waals surface area contributed by atoms with Crippen LogP contribution in [0.3, 0.4) is 0 Å². The van der Waals surface area contributed by atoms with Crippen molar-refractivity contribution < 1.29 is 28.7 Å². The molecule has 4 N–H and O–H groups in total. The Balaban J connectivity index is 1.22. The first-order valence-electron chi connectivity index (χ1n) is 17.0. The molecule has 1 atom stereocenters. The molecule has 5 aromatic rings. The highest BCUT2D eigenvalue weighted by Crippen LogP contribution is 2.42. The van der Waals surface area contributed by atoms with E-state index >= 15 is 0 Å². The molecular weight excluding hydrogens is 652 g/mol. The predicted octanol–water partition coefficient (Wildman–Crippen LogP) is 4.63. The molecule has 0 bridgehead atoms. The van der Waals surface area contributed by atoms with E-state index in [1.54, 1.807) is 16.0 Å². The van der Waals surface area contributed by atoms with Gasteiger partial charge in [0, 0.05) is 23.5 Å². The molecule has 3 aromatic carbocycles. The van der Waals surface area contributed by atoms with Crippen LogP contribution in [0.1, 0.15) is 50.8 Å². The lowest BCUT2D eigenvalue weighted by atomic mass is 9.92. The number of methoxy groups -OCH3 is 1. The number of carbonyl (C=O) groups is 4. The van der Waals surface area contributed by atoms with E-state index in [1.807, 2.05) is 39.0 Å². The molecule has 1 aliphatic rings. The van der Waals surface area contributed by atoms with E-state index in [2.05, 4.69) is 54.6 Å². The highest BCUT2D eigenvalue weighted by atomic mass is 16.5. The highest BCUT2D eigenvalue weighted by Gasteiger charge is 2.23. The van der Waals surface area contributed by atoms with Crippen LogP contribution >= 0.6 is 0 Å². The quantitative estimate of drug-likeness (QED) is 0.122. The first kappa shape index (κ1) is 34.9. The molecule has 3 heterocycles. The second-order valence-corrected chi connectivity index (χ2v) is 12.6. The Morgan fingerprint density at radius 2 is 1.86 bits per heavy atom. The molecule has 14 heteroatoms. The number of aromatic amines is 2. The van der Waals surface area contributed by atoms with Gasteiger partial charge in [-0.25, -0.2) is 14.8 Å². The molecule has 0 radical (unpaired) electrons. The number of alkyl carbamates (subject to hydrolysis) is 1. The lowest BCUT2D eigenvalue weighted by Gasteiger charge is -2.27. The van der Waals surface area contributed by atoms with E-state index < -0.39 is 6.09 Å². The molecule has 51 heavy (non-hydrogen) atoms. The highest BCUT2D eigenvalue weighted by molar-refractivity contribution is 6.07. The van der Waals surface area contributed by atoms with E-state index in [-0.39, 0.29) is 37.5 Å². The molecular formula is C37H42N8O6. The predicted molar refractivity (Wildman–Crippen MR) is 191 cm³/mol. The summed E-state index contributed by atoms with van der Waals surface area (Å²) in [6.45, 7) is 7.24. The van der Waals surface area contributed by atoms with Gasteiger partial charge in [-0.2, -0.15) is 0 Å². The van der Waals surface area contributed by atoms with Crippen molar-refractivity contribution in [1.82, 2.24) is 40.4 Å². The average molecular weight is 695 g/mol. The van der Waals surface area contributed by atoms with Gasteiger partial charge in [-0.3, -0.25) is 14.4 Å². The monoisotopic (exact) mass is 694 g/mol.